The van der Waals surface area contributed by atoms with Crippen LogP contribution in [-0.4, -0.2) is 15.2 Å². The van der Waals surface area contributed by atoms with Gasteiger partial charge in [0.25, 0.3) is 0 Å². The molecule has 0 fully saturated rings. The number of rotatable bonds is 2. The average molecular weight is 353 g/mol. The van der Waals surface area contributed by atoms with E-state index in [1.54, 1.807) is 12.1 Å². The Bertz CT molecular complexity index is 1060. The van der Waals surface area contributed by atoms with E-state index >= 15 is 0 Å². The van der Waals surface area contributed by atoms with Gasteiger partial charge < -0.3 is 14.6 Å². The summed E-state index contributed by atoms with van der Waals surface area (Å²) in [6.07, 6.45) is 0.535. The molecule has 9 heteroatoms. The van der Waals surface area contributed by atoms with Gasteiger partial charge in [0.2, 0.25) is 11.6 Å². The van der Waals surface area contributed by atoms with Crippen molar-refractivity contribution in [2.24, 2.45) is 0 Å². The smallest absolute Gasteiger partial charge is 0.362 e. The van der Waals surface area contributed by atoms with Crippen molar-refractivity contribution in [3.05, 3.63) is 69.2 Å². The van der Waals surface area contributed by atoms with E-state index in [2.05, 4.69) is 4.98 Å². The zero-order valence-electron chi connectivity index (χ0n) is 12.1. The molecule has 0 atom stereocenters. The SMILES string of the molecule is O=c1oc2ccccc2nc1/C=C(\O)c1c(O)c(F)c(F)c(F)c1F. The lowest BCUT2D eigenvalue weighted by atomic mass is 10.1. The average Bonchev–Trinajstić information content (AvgIpc) is 2.59. The highest BCUT2D eigenvalue weighted by Crippen LogP contribution is 2.33. The van der Waals surface area contributed by atoms with Gasteiger partial charge in [-0.3, -0.25) is 0 Å². The summed E-state index contributed by atoms with van der Waals surface area (Å²) in [7, 11) is 0. The number of aliphatic hydroxyl groups is 1. The van der Waals surface area contributed by atoms with Gasteiger partial charge in [-0.2, -0.15) is 4.39 Å². The number of hydrogen-bond donors (Lipinski definition) is 2. The molecule has 0 aliphatic heterocycles. The second-order valence-corrected chi connectivity index (χ2v) is 4.86. The topological polar surface area (TPSA) is 83.6 Å². The number of hydrogen-bond acceptors (Lipinski definition) is 5. The highest BCUT2D eigenvalue weighted by Gasteiger charge is 2.27. The Balaban J connectivity index is 2.21. The molecule has 2 N–H and O–H groups in total. The molecule has 25 heavy (non-hydrogen) atoms. The normalized spacial score (nSPS) is 11.9. The summed E-state index contributed by atoms with van der Waals surface area (Å²) in [4.78, 5) is 15.7. The van der Waals surface area contributed by atoms with Gasteiger partial charge in [0, 0.05) is 6.08 Å². The molecule has 0 saturated heterocycles. The van der Waals surface area contributed by atoms with Crippen LogP contribution in [0.1, 0.15) is 11.3 Å². The monoisotopic (exact) mass is 353 g/mol. The fourth-order valence-electron chi connectivity index (χ4n) is 2.11. The van der Waals surface area contributed by atoms with Crippen LogP contribution in [-0.2, 0) is 0 Å². The van der Waals surface area contributed by atoms with Crippen LogP contribution in [0.4, 0.5) is 17.6 Å². The van der Waals surface area contributed by atoms with Crippen LogP contribution >= 0.6 is 0 Å². The minimum atomic E-state index is -2.24. The molecule has 0 unspecified atom stereocenters. The molecule has 0 saturated carbocycles. The molecular weight excluding hydrogens is 346 g/mol. The molecule has 3 aromatic rings. The Kier molecular flexibility index (Phi) is 3.91. The van der Waals surface area contributed by atoms with Gasteiger partial charge in [-0.05, 0) is 12.1 Å². The number of fused-ring (bicyclic) bond motifs is 1. The number of nitrogens with zero attached hydrogens (tertiary/aromatic N) is 1. The molecule has 2 aromatic carbocycles. The molecule has 0 spiro atoms. The maximum Gasteiger partial charge on any atom is 0.362 e. The van der Waals surface area contributed by atoms with Gasteiger partial charge >= 0.3 is 5.63 Å². The fourth-order valence-corrected chi connectivity index (χ4v) is 2.11. The second kappa shape index (κ2) is 5.93. The Morgan fingerprint density at radius 2 is 1.68 bits per heavy atom. The lowest BCUT2D eigenvalue weighted by Crippen LogP contribution is -2.07. The maximum atomic E-state index is 13.7. The minimum Gasteiger partial charge on any atom is -0.507 e. The van der Waals surface area contributed by atoms with Crippen molar-refractivity contribution < 1.29 is 32.2 Å². The number of halogens is 4. The van der Waals surface area contributed by atoms with Crippen molar-refractivity contribution in [3.8, 4) is 5.75 Å². The molecule has 0 aliphatic rings. The lowest BCUT2D eigenvalue weighted by molar-refractivity contribution is 0.358. The van der Waals surface area contributed by atoms with E-state index in [4.69, 9.17) is 4.42 Å². The Morgan fingerprint density at radius 3 is 2.40 bits per heavy atom. The molecule has 5 nitrogen and oxygen atoms in total. The highest BCUT2D eigenvalue weighted by molar-refractivity contribution is 5.80. The third-order valence-electron chi connectivity index (χ3n) is 3.29. The summed E-state index contributed by atoms with van der Waals surface area (Å²) >= 11 is 0. The van der Waals surface area contributed by atoms with E-state index in [-0.39, 0.29) is 11.1 Å². The number of para-hydroxylation sites is 2. The predicted octanol–water partition coefficient (Wildman–Crippen LogP) is 3.51. The molecule has 128 valence electrons. The predicted molar refractivity (Wildman–Crippen MR) is 78.7 cm³/mol. The third-order valence-corrected chi connectivity index (χ3v) is 3.29. The molecule has 1 heterocycles. The van der Waals surface area contributed by atoms with Crippen molar-refractivity contribution in [1.82, 2.24) is 4.98 Å². The fraction of sp³-hybridized carbons (Fsp3) is 0. The van der Waals surface area contributed by atoms with Gasteiger partial charge in [0.1, 0.15) is 16.8 Å². The number of aromatic hydroxyl groups is 1. The number of phenolic OH excluding ortho intramolecular Hbond substituents is 1. The van der Waals surface area contributed by atoms with Crippen molar-refractivity contribution >= 4 is 22.9 Å². The Hall–Kier alpha value is -3.36. The van der Waals surface area contributed by atoms with E-state index in [9.17, 15) is 32.6 Å². The van der Waals surface area contributed by atoms with Crippen LogP contribution in [0.15, 0.2) is 33.5 Å². The van der Waals surface area contributed by atoms with E-state index in [0.29, 0.717) is 6.08 Å². The summed E-state index contributed by atoms with van der Waals surface area (Å²) in [6.45, 7) is 0. The number of aromatic nitrogens is 1. The van der Waals surface area contributed by atoms with Crippen LogP contribution in [0.3, 0.4) is 0 Å². The third kappa shape index (κ3) is 2.69. The first-order valence-corrected chi connectivity index (χ1v) is 6.67. The first-order valence-electron chi connectivity index (χ1n) is 6.67. The molecule has 0 aliphatic carbocycles. The quantitative estimate of drug-likeness (QED) is 0.319. The molecule has 0 amide bonds. The summed E-state index contributed by atoms with van der Waals surface area (Å²) in [5.41, 5.74) is -2.57. The number of benzene rings is 2. The Morgan fingerprint density at radius 1 is 1.04 bits per heavy atom. The van der Waals surface area contributed by atoms with Crippen molar-refractivity contribution in [2.75, 3.05) is 0 Å². The van der Waals surface area contributed by atoms with Crippen molar-refractivity contribution in [3.63, 3.8) is 0 Å². The number of aliphatic hydroxyl groups excluding tert-OH is 1. The van der Waals surface area contributed by atoms with Crippen LogP contribution in [0.5, 0.6) is 5.75 Å². The van der Waals surface area contributed by atoms with Gasteiger partial charge in [-0.15, -0.1) is 0 Å². The molecule has 1 aromatic heterocycles. The van der Waals surface area contributed by atoms with Gasteiger partial charge in [-0.25, -0.2) is 22.9 Å². The summed E-state index contributed by atoms with van der Waals surface area (Å²) in [5, 5.41) is 19.3. The number of phenols is 1. The first-order chi connectivity index (χ1) is 11.8. The summed E-state index contributed by atoms with van der Waals surface area (Å²) < 4.78 is 58.3. The summed E-state index contributed by atoms with van der Waals surface area (Å²) in [5.74, 6) is -11.5. The molecule has 0 radical (unpaired) electrons. The van der Waals surface area contributed by atoms with E-state index in [0.717, 1.165) is 0 Å². The van der Waals surface area contributed by atoms with Gasteiger partial charge in [0.05, 0.1) is 0 Å². The van der Waals surface area contributed by atoms with Crippen LogP contribution in [0.2, 0.25) is 0 Å². The first kappa shape index (κ1) is 16.5. The van der Waals surface area contributed by atoms with E-state index in [1.165, 1.54) is 12.1 Å². The highest BCUT2D eigenvalue weighted by atomic mass is 19.2. The van der Waals surface area contributed by atoms with Crippen LogP contribution in [0.25, 0.3) is 22.9 Å². The van der Waals surface area contributed by atoms with Crippen molar-refractivity contribution in [1.29, 1.82) is 0 Å². The van der Waals surface area contributed by atoms with Crippen LogP contribution in [0, 0.1) is 23.3 Å². The summed E-state index contributed by atoms with van der Waals surface area (Å²) in [6, 6.07) is 6.09. The van der Waals surface area contributed by atoms with Gasteiger partial charge in [0.15, 0.2) is 28.7 Å². The van der Waals surface area contributed by atoms with Crippen LogP contribution < -0.4 is 5.63 Å². The lowest BCUT2D eigenvalue weighted by Gasteiger charge is -2.08. The molecule has 0 bridgehead atoms. The standard InChI is InChI=1S/C16H7F4NO4/c17-11-10(15(23)14(20)13(19)12(11)18)8(22)5-7-16(24)25-9-4-2-1-3-6(9)21-7/h1-5,22-23H/b8-5-. The van der Waals surface area contributed by atoms with E-state index < -0.39 is 51.7 Å². The maximum absolute atomic E-state index is 13.7. The minimum absolute atomic E-state index is 0.136. The zero-order valence-corrected chi connectivity index (χ0v) is 12.1. The van der Waals surface area contributed by atoms with Crippen molar-refractivity contribution in [2.45, 2.75) is 0 Å². The zero-order chi connectivity index (χ0) is 18.3. The molecule has 3 rings (SSSR count). The van der Waals surface area contributed by atoms with Gasteiger partial charge in [-0.1, -0.05) is 12.1 Å². The Labute approximate surface area is 136 Å². The molecular formula is C16H7F4NO4. The second-order valence-electron chi connectivity index (χ2n) is 4.86. The van der Waals surface area contributed by atoms with E-state index in [1.807, 2.05) is 0 Å². The largest absolute Gasteiger partial charge is 0.507 e.